The van der Waals surface area contributed by atoms with Crippen LogP contribution >= 0.6 is 0 Å². The van der Waals surface area contributed by atoms with Gasteiger partial charge in [0.1, 0.15) is 5.82 Å². The number of fused-ring (bicyclic) bond motifs is 3. The van der Waals surface area contributed by atoms with Crippen LogP contribution in [0.1, 0.15) is 17.7 Å². The summed E-state index contributed by atoms with van der Waals surface area (Å²) in [6, 6.07) is 5.01. The number of benzene rings is 1. The second-order valence-electron chi connectivity index (χ2n) is 4.02. The highest BCUT2D eigenvalue weighted by Gasteiger charge is 2.15. The summed E-state index contributed by atoms with van der Waals surface area (Å²) in [5.74, 6) is -0.158. The Bertz CT molecular complexity index is 563. The number of aryl methyl sites for hydroxylation is 1. The molecular formula is C13H12FN. The maximum absolute atomic E-state index is 13.2. The van der Waals surface area contributed by atoms with Crippen molar-refractivity contribution in [1.29, 1.82) is 0 Å². The fourth-order valence-electron chi connectivity index (χ4n) is 2.41. The van der Waals surface area contributed by atoms with Gasteiger partial charge in [0.15, 0.2) is 0 Å². The fraction of sp³-hybridized carbons (Fsp3) is 0.231. The Balaban J connectivity index is 2.46. The number of nitrogens with zero attached hydrogens (tertiary/aromatic N) is 1. The van der Waals surface area contributed by atoms with E-state index in [-0.39, 0.29) is 5.82 Å². The molecule has 1 aromatic carbocycles. The molecule has 15 heavy (non-hydrogen) atoms. The van der Waals surface area contributed by atoms with Gasteiger partial charge in [-0.1, -0.05) is 12.2 Å². The van der Waals surface area contributed by atoms with E-state index in [1.54, 1.807) is 6.07 Å². The molecule has 0 saturated carbocycles. The quantitative estimate of drug-likeness (QED) is 0.616. The minimum Gasteiger partial charge on any atom is -0.347 e. The smallest absolute Gasteiger partial charge is 0.123 e. The van der Waals surface area contributed by atoms with Gasteiger partial charge in [-0.3, -0.25) is 0 Å². The van der Waals surface area contributed by atoms with E-state index in [1.807, 2.05) is 6.07 Å². The van der Waals surface area contributed by atoms with Crippen LogP contribution in [0.15, 0.2) is 24.3 Å². The van der Waals surface area contributed by atoms with Crippen molar-refractivity contribution >= 4 is 17.0 Å². The largest absolute Gasteiger partial charge is 0.347 e. The van der Waals surface area contributed by atoms with Crippen LogP contribution in [-0.4, -0.2) is 4.57 Å². The van der Waals surface area contributed by atoms with Crippen LogP contribution in [0, 0.1) is 5.82 Å². The van der Waals surface area contributed by atoms with Gasteiger partial charge in [0.05, 0.1) is 0 Å². The lowest BCUT2D eigenvalue weighted by Crippen LogP contribution is -1.99. The first-order valence-electron chi connectivity index (χ1n) is 5.21. The van der Waals surface area contributed by atoms with Gasteiger partial charge in [-0.05, 0) is 31.0 Å². The van der Waals surface area contributed by atoms with Gasteiger partial charge in [-0.25, -0.2) is 4.39 Å². The first kappa shape index (κ1) is 8.72. The molecule has 0 saturated heterocycles. The van der Waals surface area contributed by atoms with Crippen molar-refractivity contribution in [2.45, 2.75) is 12.8 Å². The molecule has 0 N–H and O–H groups in total. The monoisotopic (exact) mass is 201 g/mol. The first-order chi connectivity index (χ1) is 7.27. The highest BCUT2D eigenvalue weighted by molar-refractivity contribution is 5.91. The third-order valence-corrected chi connectivity index (χ3v) is 3.16. The molecule has 1 heterocycles. The van der Waals surface area contributed by atoms with E-state index in [0.29, 0.717) is 0 Å². The molecule has 0 amide bonds. The molecule has 2 aromatic rings. The van der Waals surface area contributed by atoms with Gasteiger partial charge < -0.3 is 4.57 Å². The summed E-state index contributed by atoms with van der Waals surface area (Å²) in [6.45, 7) is 0. The Labute approximate surface area is 87.8 Å². The Hall–Kier alpha value is -1.57. The zero-order valence-corrected chi connectivity index (χ0v) is 8.63. The molecule has 1 aromatic heterocycles. The summed E-state index contributed by atoms with van der Waals surface area (Å²) >= 11 is 0. The van der Waals surface area contributed by atoms with Crippen molar-refractivity contribution in [3.8, 4) is 0 Å². The number of aromatic nitrogens is 1. The molecule has 0 atom stereocenters. The second-order valence-corrected chi connectivity index (χ2v) is 4.02. The van der Waals surface area contributed by atoms with Crippen LogP contribution in [0.25, 0.3) is 17.0 Å². The highest BCUT2D eigenvalue weighted by Crippen LogP contribution is 2.30. The average Bonchev–Trinajstić information content (AvgIpc) is 2.54. The van der Waals surface area contributed by atoms with E-state index in [2.05, 4.69) is 23.8 Å². The molecule has 0 aliphatic heterocycles. The Morgan fingerprint density at radius 2 is 2.20 bits per heavy atom. The average molecular weight is 201 g/mol. The Morgan fingerprint density at radius 1 is 1.33 bits per heavy atom. The van der Waals surface area contributed by atoms with Gasteiger partial charge in [0.2, 0.25) is 0 Å². The van der Waals surface area contributed by atoms with E-state index < -0.39 is 0 Å². The van der Waals surface area contributed by atoms with E-state index in [4.69, 9.17) is 0 Å². The maximum Gasteiger partial charge on any atom is 0.123 e. The maximum atomic E-state index is 13.2. The molecule has 0 unspecified atom stereocenters. The van der Waals surface area contributed by atoms with Gasteiger partial charge >= 0.3 is 0 Å². The van der Waals surface area contributed by atoms with E-state index in [0.717, 1.165) is 23.7 Å². The summed E-state index contributed by atoms with van der Waals surface area (Å²) in [4.78, 5) is 0. The van der Waals surface area contributed by atoms with Crippen molar-refractivity contribution in [3.05, 3.63) is 41.3 Å². The predicted octanol–water partition coefficient (Wildman–Crippen LogP) is 3.28. The minimum atomic E-state index is -0.158. The van der Waals surface area contributed by atoms with Gasteiger partial charge in [0.25, 0.3) is 0 Å². The lowest BCUT2D eigenvalue weighted by molar-refractivity contribution is 0.629. The van der Waals surface area contributed by atoms with Crippen LogP contribution in [-0.2, 0) is 13.5 Å². The standard InChI is InChI=1S/C13H12FN/c1-15-12-5-3-2-4-10(12)11-8-9(14)6-7-13(11)15/h2,4,6-8H,3,5H2,1H3. The number of hydrogen-bond donors (Lipinski definition) is 0. The van der Waals surface area contributed by atoms with Crippen LogP contribution < -0.4 is 0 Å². The number of allylic oxidation sites excluding steroid dienone is 1. The van der Waals surface area contributed by atoms with Gasteiger partial charge in [-0.15, -0.1) is 0 Å². The van der Waals surface area contributed by atoms with Crippen molar-refractivity contribution < 1.29 is 4.39 Å². The minimum absolute atomic E-state index is 0.158. The van der Waals surface area contributed by atoms with Crippen molar-refractivity contribution in [2.75, 3.05) is 0 Å². The van der Waals surface area contributed by atoms with Gasteiger partial charge in [-0.2, -0.15) is 0 Å². The molecule has 1 aliphatic rings. The fourth-order valence-corrected chi connectivity index (χ4v) is 2.41. The molecule has 0 bridgehead atoms. The first-order valence-corrected chi connectivity index (χ1v) is 5.21. The Kier molecular flexibility index (Phi) is 1.72. The molecule has 0 radical (unpaired) electrons. The molecule has 1 nitrogen and oxygen atoms in total. The molecule has 3 rings (SSSR count). The predicted molar refractivity (Wildman–Crippen MR) is 60.2 cm³/mol. The molecule has 1 aliphatic carbocycles. The molecule has 0 fully saturated rings. The van der Waals surface area contributed by atoms with E-state index in [1.165, 1.54) is 17.3 Å². The second kappa shape index (κ2) is 2.96. The van der Waals surface area contributed by atoms with E-state index in [9.17, 15) is 4.39 Å². The molecule has 2 heteroatoms. The third kappa shape index (κ3) is 1.14. The normalized spacial score (nSPS) is 14.5. The summed E-state index contributed by atoms with van der Waals surface area (Å²) in [5, 5.41) is 1.03. The molecule has 0 spiro atoms. The zero-order chi connectivity index (χ0) is 10.4. The van der Waals surface area contributed by atoms with Crippen LogP contribution in [0.3, 0.4) is 0 Å². The lowest BCUT2D eigenvalue weighted by Gasteiger charge is -2.07. The topological polar surface area (TPSA) is 4.93 Å². The van der Waals surface area contributed by atoms with Crippen molar-refractivity contribution in [2.24, 2.45) is 7.05 Å². The van der Waals surface area contributed by atoms with Crippen molar-refractivity contribution in [3.63, 3.8) is 0 Å². The molecule has 76 valence electrons. The van der Waals surface area contributed by atoms with Crippen molar-refractivity contribution in [1.82, 2.24) is 4.57 Å². The van der Waals surface area contributed by atoms with Gasteiger partial charge in [0, 0.05) is 29.2 Å². The summed E-state index contributed by atoms with van der Waals surface area (Å²) in [7, 11) is 2.05. The number of halogens is 1. The van der Waals surface area contributed by atoms with Crippen LogP contribution in [0.2, 0.25) is 0 Å². The highest BCUT2D eigenvalue weighted by atomic mass is 19.1. The van der Waals surface area contributed by atoms with Crippen LogP contribution in [0.5, 0.6) is 0 Å². The lowest BCUT2D eigenvalue weighted by atomic mass is 10.0. The summed E-state index contributed by atoms with van der Waals surface area (Å²) < 4.78 is 15.4. The summed E-state index contributed by atoms with van der Waals surface area (Å²) in [6.07, 6.45) is 6.41. The third-order valence-electron chi connectivity index (χ3n) is 3.16. The van der Waals surface area contributed by atoms with E-state index >= 15 is 0 Å². The number of hydrogen-bond acceptors (Lipinski definition) is 0. The summed E-state index contributed by atoms with van der Waals surface area (Å²) in [5.41, 5.74) is 3.63. The van der Waals surface area contributed by atoms with Crippen LogP contribution in [0.4, 0.5) is 4.39 Å². The Morgan fingerprint density at radius 3 is 3.07 bits per heavy atom. The zero-order valence-electron chi connectivity index (χ0n) is 8.63. The molecular weight excluding hydrogens is 189 g/mol. The number of rotatable bonds is 0. The SMILES string of the molecule is Cn1c2c(c3cc(F)ccc31)C=CCC2.